The summed E-state index contributed by atoms with van der Waals surface area (Å²) >= 11 is 3.39. The van der Waals surface area contributed by atoms with Gasteiger partial charge in [0.05, 0.1) is 0 Å². The summed E-state index contributed by atoms with van der Waals surface area (Å²) < 4.78 is 6.56. The minimum atomic E-state index is -0.207. The van der Waals surface area contributed by atoms with Crippen molar-refractivity contribution >= 4 is 26.9 Å². The molecule has 0 saturated heterocycles. The number of nitrogens with zero attached hydrogens (tertiary/aromatic N) is 1. The van der Waals surface area contributed by atoms with Crippen molar-refractivity contribution in [1.82, 2.24) is 0 Å². The number of rotatable bonds is 1. The van der Waals surface area contributed by atoms with Gasteiger partial charge in [-0.05, 0) is 24.3 Å². The summed E-state index contributed by atoms with van der Waals surface area (Å²) in [6.07, 6.45) is 0. The molecule has 0 saturated carbocycles. The average Bonchev–Trinajstić information content (AvgIpc) is 2.59. The zero-order valence-electron chi connectivity index (χ0n) is 7.62. The first-order valence-corrected chi connectivity index (χ1v) is 5.05. The second-order valence-electron chi connectivity index (χ2n) is 3.14. The van der Waals surface area contributed by atoms with Crippen molar-refractivity contribution in [3.05, 3.63) is 45.9 Å². The van der Waals surface area contributed by atoms with Crippen LogP contribution in [0.15, 0.2) is 33.2 Å². The Hall–Kier alpha value is -1.27. The molecule has 1 unspecified atom stereocenters. The number of fused-ring (bicyclic) bond motifs is 1. The first-order valence-electron chi connectivity index (χ1n) is 4.26. The molecule has 70 valence electrons. The van der Waals surface area contributed by atoms with Gasteiger partial charge in [0.25, 0.3) is 6.04 Å². The van der Waals surface area contributed by atoms with Gasteiger partial charge in [-0.25, -0.2) is 6.57 Å². The standard InChI is InChI=1S/C11H8BrNO/c1-7(13-2)11-6-8-5-9(12)3-4-10(8)14-11/h3-7H,1H3. The zero-order chi connectivity index (χ0) is 10.1. The van der Waals surface area contributed by atoms with Gasteiger partial charge < -0.3 is 9.26 Å². The highest BCUT2D eigenvalue weighted by atomic mass is 79.9. The van der Waals surface area contributed by atoms with Crippen LogP contribution in [0.3, 0.4) is 0 Å². The molecule has 2 rings (SSSR count). The van der Waals surface area contributed by atoms with Crippen molar-refractivity contribution < 1.29 is 4.42 Å². The quantitative estimate of drug-likeness (QED) is 0.694. The van der Waals surface area contributed by atoms with Crippen LogP contribution in [0.4, 0.5) is 0 Å². The minimum absolute atomic E-state index is 0.207. The highest BCUT2D eigenvalue weighted by Crippen LogP contribution is 2.27. The van der Waals surface area contributed by atoms with Gasteiger partial charge in [-0.15, -0.1) is 0 Å². The van der Waals surface area contributed by atoms with E-state index < -0.39 is 0 Å². The molecule has 1 atom stereocenters. The van der Waals surface area contributed by atoms with Gasteiger partial charge in [-0.2, -0.15) is 0 Å². The topological polar surface area (TPSA) is 17.5 Å². The molecule has 1 aromatic carbocycles. The SMILES string of the molecule is [C-]#[N+]C(C)c1cc2cc(Br)ccc2o1. The van der Waals surface area contributed by atoms with Crippen LogP contribution in [0.25, 0.3) is 15.8 Å². The van der Waals surface area contributed by atoms with Gasteiger partial charge >= 0.3 is 0 Å². The van der Waals surface area contributed by atoms with Crippen molar-refractivity contribution in [3.63, 3.8) is 0 Å². The summed E-state index contributed by atoms with van der Waals surface area (Å²) in [4.78, 5) is 3.42. The molecule has 0 aliphatic carbocycles. The van der Waals surface area contributed by atoms with Crippen LogP contribution in [0.1, 0.15) is 18.7 Å². The molecule has 0 radical (unpaired) electrons. The lowest BCUT2D eigenvalue weighted by molar-refractivity contribution is 0.536. The van der Waals surface area contributed by atoms with Crippen molar-refractivity contribution in [2.24, 2.45) is 0 Å². The lowest BCUT2D eigenvalue weighted by Gasteiger charge is -1.90. The predicted octanol–water partition coefficient (Wildman–Crippen LogP) is 4.18. The molecule has 2 nitrogen and oxygen atoms in total. The van der Waals surface area contributed by atoms with Crippen LogP contribution in [0.5, 0.6) is 0 Å². The molecular weight excluding hydrogens is 242 g/mol. The maximum atomic E-state index is 6.92. The molecule has 0 aliphatic heterocycles. The minimum Gasteiger partial charge on any atom is -0.453 e. The number of hydrogen-bond donors (Lipinski definition) is 0. The Labute approximate surface area is 90.5 Å². The fraction of sp³-hybridized carbons (Fsp3) is 0.182. The van der Waals surface area contributed by atoms with Crippen LogP contribution in [0.2, 0.25) is 0 Å². The summed E-state index contributed by atoms with van der Waals surface area (Å²) in [6, 6.07) is 7.53. The monoisotopic (exact) mass is 249 g/mol. The van der Waals surface area contributed by atoms with Gasteiger partial charge in [0, 0.05) is 16.8 Å². The van der Waals surface area contributed by atoms with E-state index in [0.717, 1.165) is 21.2 Å². The maximum absolute atomic E-state index is 6.92. The Morgan fingerprint density at radius 2 is 2.21 bits per heavy atom. The van der Waals surface area contributed by atoms with Gasteiger partial charge in [0.1, 0.15) is 5.58 Å². The third-order valence-corrected chi connectivity index (χ3v) is 2.60. The fourth-order valence-electron chi connectivity index (χ4n) is 1.30. The fourth-order valence-corrected chi connectivity index (χ4v) is 1.68. The van der Waals surface area contributed by atoms with Crippen LogP contribution in [-0.2, 0) is 0 Å². The van der Waals surface area contributed by atoms with Crippen LogP contribution >= 0.6 is 15.9 Å². The third kappa shape index (κ3) is 1.53. The van der Waals surface area contributed by atoms with Crippen LogP contribution in [-0.4, -0.2) is 0 Å². The first-order chi connectivity index (χ1) is 6.70. The van der Waals surface area contributed by atoms with E-state index in [-0.39, 0.29) is 6.04 Å². The molecule has 14 heavy (non-hydrogen) atoms. The van der Waals surface area contributed by atoms with E-state index in [1.807, 2.05) is 31.2 Å². The molecule has 0 amide bonds. The first kappa shape index (κ1) is 9.29. The Morgan fingerprint density at radius 1 is 1.43 bits per heavy atom. The van der Waals surface area contributed by atoms with E-state index in [1.165, 1.54) is 0 Å². The number of benzene rings is 1. The second-order valence-corrected chi connectivity index (χ2v) is 4.05. The lowest BCUT2D eigenvalue weighted by atomic mass is 10.2. The maximum Gasteiger partial charge on any atom is 0.277 e. The van der Waals surface area contributed by atoms with E-state index in [0.29, 0.717) is 0 Å². The summed E-state index contributed by atoms with van der Waals surface area (Å²) in [7, 11) is 0. The zero-order valence-corrected chi connectivity index (χ0v) is 9.21. The smallest absolute Gasteiger partial charge is 0.277 e. The van der Waals surface area contributed by atoms with E-state index >= 15 is 0 Å². The largest absolute Gasteiger partial charge is 0.453 e. The summed E-state index contributed by atoms with van der Waals surface area (Å²) in [5, 5.41) is 1.03. The number of furan rings is 1. The lowest BCUT2D eigenvalue weighted by Crippen LogP contribution is -1.80. The average molecular weight is 250 g/mol. The van der Waals surface area contributed by atoms with E-state index in [4.69, 9.17) is 11.0 Å². The molecule has 1 heterocycles. The van der Waals surface area contributed by atoms with E-state index in [2.05, 4.69) is 20.8 Å². The molecule has 1 aromatic heterocycles. The van der Waals surface area contributed by atoms with Gasteiger partial charge in [0.2, 0.25) is 0 Å². The second kappa shape index (κ2) is 3.47. The van der Waals surface area contributed by atoms with Gasteiger partial charge in [-0.3, -0.25) is 0 Å². The van der Waals surface area contributed by atoms with Gasteiger partial charge in [-0.1, -0.05) is 15.9 Å². The van der Waals surface area contributed by atoms with E-state index in [1.54, 1.807) is 0 Å². The Balaban J connectivity index is 2.58. The summed E-state index contributed by atoms with van der Waals surface area (Å²) in [6.45, 7) is 8.75. The molecule has 0 aliphatic rings. The molecule has 3 heteroatoms. The highest BCUT2D eigenvalue weighted by Gasteiger charge is 2.14. The molecule has 0 bridgehead atoms. The van der Waals surface area contributed by atoms with Crippen molar-refractivity contribution in [2.75, 3.05) is 0 Å². The van der Waals surface area contributed by atoms with Crippen LogP contribution in [0, 0.1) is 6.57 Å². The van der Waals surface area contributed by atoms with Gasteiger partial charge in [0.15, 0.2) is 5.76 Å². The summed E-state index contributed by atoms with van der Waals surface area (Å²) in [5.41, 5.74) is 0.832. The Kier molecular flexibility index (Phi) is 2.30. The predicted molar refractivity (Wildman–Crippen MR) is 58.9 cm³/mol. The van der Waals surface area contributed by atoms with Crippen molar-refractivity contribution in [1.29, 1.82) is 0 Å². The Bertz CT molecular complexity index is 509. The van der Waals surface area contributed by atoms with Crippen molar-refractivity contribution in [3.8, 4) is 0 Å². The molecule has 0 N–H and O–H groups in total. The van der Waals surface area contributed by atoms with E-state index in [9.17, 15) is 0 Å². The molecule has 2 aromatic rings. The summed E-state index contributed by atoms with van der Waals surface area (Å²) in [5.74, 6) is 0.730. The number of hydrogen-bond acceptors (Lipinski definition) is 1. The molecule has 0 fully saturated rings. The van der Waals surface area contributed by atoms with Crippen molar-refractivity contribution in [2.45, 2.75) is 13.0 Å². The van der Waals surface area contributed by atoms with Crippen LogP contribution < -0.4 is 0 Å². The number of halogens is 1. The normalized spacial score (nSPS) is 12.6. The molecule has 0 spiro atoms. The third-order valence-electron chi connectivity index (χ3n) is 2.10. The Morgan fingerprint density at radius 3 is 2.93 bits per heavy atom. The molecular formula is C11H8BrNO. The highest BCUT2D eigenvalue weighted by molar-refractivity contribution is 9.10.